The Morgan fingerprint density at radius 2 is 2.00 bits per heavy atom. The molecule has 3 atom stereocenters. The molecule has 104 valence electrons. The Morgan fingerprint density at radius 1 is 1.26 bits per heavy atom. The van der Waals surface area contributed by atoms with Gasteiger partial charge in [-0.2, -0.15) is 0 Å². The first-order chi connectivity index (χ1) is 8.99. The van der Waals surface area contributed by atoms with Crippen molar-refractivity contribution in [3.8, 4) is 0 Å². The third kappa shape index (κ3) is 2.21. The zero-order chi connectivity index (χ0) is 13.6. The summed E-state index contributed by atoms with van der Waals surface area (Å²) < 4.78 is 6.21. The summed E-state index contributed by atoms with van der Waals surface area (Å²) in [6.45, 7) is 10.1. The normalized spacial score (nSPS) is 32.8. The van der Waals surface area contributed by atoms with Gasteiger partial charge in [0.1, 0.15) is 0 Å². The lowest BCUT2D eigenvalue weighted by Gasteiger charge is -2.47. The van der Waals surface area contributed by atoms with E-state index in [2.05, 4.69) is 57.3 Å². The van der Waals surface area contributed by atoms with Crippen molar-refractivity contribution in [1.82, 2.24) is 5.32 Å². The molecule has 1 saturated heterocycles. The van der Waals surface area contributed by atoms with Crippen molar-refractivity contribution in [3.05, 3.63) is 35.4 Å². The maximum atomic E-state index is 6.21. The molecule has 2 heteroatoms. The van der Waals surface area contributed by atoms with Crippen LogP contribution < -0.4 is 5.32 Å². The highest BCUT2D eigenvalue weighted by Crippen LogP contribution is 2.44. The Hall–Kier alpha value is -0.860. The SMILES string of the molecule is CC(C)C1COC2c3ccccc3C(C)(C)CC2N1. The van der Waals surface area contributed by atoms with Gasteiger partial charge < -0.3 is 10.1 Å². The number of benzene rings is 1. The van der Waals surface area contributed by atoms with Crippen LogP contribution in [0.2, 0.25) is 0 Å². The van der Waals surface area contributed by atoms with E-state index in [1.165, 1.54) is 11.1 Å². The molecular weight excluding hydrogens is 234 g/mol. The lowest BCUT2D eigenvalue weighted by atomic mass is 9.69. The van der Waals surface area contributed by atoms with Crippen molar-refractivity contribution < 1.29 is 4.74 Å². The molecular formula is C17H25NO. The molecule has 0 amide bonds. The Labute approximate surface area is 116 Å². The van der Waals surface area contributed by atoms with Gasteiger partial charge in [-0.1, -0.05) is 52.0 Å². The molecule has 0 bridgehead atoms. The van der Waals surface area contributed by atoms with Crippen LogP contribution >= 0.6 is 0 Å². The number of nitrogens with one attached hydrogen (secondary N) is 1. The van der Waals surface area contributed by atoms with Crippen molar-refractivity contribution in [1.29, 1.82) is 0 Å². The molecule has 1 aliphatic carbocycles. The molecule has 2 aliphatic rings. The molecule has 0 spiro atoms. The smallest absolute Gasteiger partial charge is 0.0981 e. The first-order valence-electron chi connectivity index (χ1n) is 7.46. The quantitative estimate of drug-likeness (QED) is 0.834. The van der Waals surface area contributed by atoms with E-state index in [0.717, 1.165) is 13.0 Å². The van der Waals surface area contributed by atoms with Gasteiger partial charge in [-0.25, -0.2) is 0 Å². The molecule has 1 fully saturated rings. The highest BCUT2D eigenvalue weighted by molar-refractivity contribution is 5.39. The van der Waals surface area contributed by atoms with Crippen LogP contribution in [0.1, 0.15) is 51.3 Å². The standard InChI is InChI=1S/C17H25NO/c1-11(2)15-10-19-16-12-7-5-6-8-13(12)17(3,4)9-14(16)18-15/h5-8,11,14-16,18H,9-10H2,1-4H3. The number of fused-ring (bicyclic) bond motifs is 3. The second-order valence-corrected chi connectivity index (χ2v) is 7.05. The Kier molecular flexibility index (Phi) is 3.18. The van der Waals surface area contributed by atoms with Crippen LogP contribution in [0.4, 0.5) is 0 Å². The van der Waals surface area contributed by atoms with Crippen molar-refractivity contribution >= 4 is 0 Å². The summed E-state index contributed by atoms with van der Waals surface area (Å²) in [5.74, 6) is 0.626. The fourth-order valence-corrected chi connectivity index (χ4v) is 3.61. The number of rotatable bonds is 1. The fourth-order valence-electron chi connectivity index (χ4n) is 3.61. The zero-order valence-corrected chi connectivity index (χ0v) is 12.4. The molecule has 1 N–H and O–H groups in total. The van der Waals surface area contributed by atoms with Crippen LogP contribution in [0.15, 0.2) is 24.3 Å². The Balaban J connectivity index is 1.94. The Bertz CT molecular complexity index is 466. The molecule has 3 rings (SSSR count). The van der Waals surface area contributed by atoms with Crippen LogP contribution in [0.5, 0.6) is 0 Å². The van der Waals surface area contributed by atoms with Crippen LogP contribution in [-0.4, -0.2) is 18.7 Å². The summed E-state index contributed by atoms with van der Waals surface area (Å²) in [4.78, 5) is 0. The zero-order valence-electron chi connectivity index (χ0n) is 12.4. The van der Waals surface area contributed by atoms with Gasteiger partial charge in [0.05, 0.1) is 12.7 Å². The number of morpholine rings is 1. The highest BCUT2D eigenvalue weighted by atomic mass is 16.5. The predicted molar refractivity (Wildman–Crippen MR) is 78.3 cm³/mol. The summed E-state index contributed by atoms with van der Waals surface area (Å²) >= 11 is 0. The van der Waals surface area contributed by atoms with E-state index in [4.69, 9.17) is 4.74 Å². The molecule has 3 unspecified atom stereocenters. The van der Waals surface area contributed by atoms with Gasteiger partial charge in [0.15, 0.2) is 0 Å². The Morgan fingerprint density at radius 3 is 2.74 bits per heavy atom. The molecule has 0 radical (unpaired) electrons. The number of ether oxygens (including phenoxy) is 1. The summed E-state index contributed by atoms with van der Waals surface area (Å²) in [5.41, 5.74) is 3.08. The third-order valence-corrected chi connectivity index (χ3v) is 4.78. The largest absolute Gasteiger partial charge is 0.370 e. The molecule has 1 aromatic rings. The molecule has 0 aromatic heterocycles. The monoisotopic (exact) mass is 259 g/mol. The summed E-state index contributed by atoms with van der Waals surface area (Å²) in [7, 11) is 0. The molecule has 1 heterocycles. The molecule has 1 aliphatic heterocycles. The maximum Gasteiger partial charge on any atom is 0.0981 e. The van der Waals surface area contributed by atoms with Crippen molar-refractivity contribution in [3.63, 3.8) is 0 Å². The van der Waals surface area contributed by atoms with E-state index < -0.39 is 0 Å². The third-order valence-electron chi connectivity index (χ3n) is 4.78. The van der Waals surface area contributed by atoms with Crippen LogP contribution in [0.25, 0.3) is 0 Å². The summed E-state index contributed by atoms with van der Waals surface area (Å²) in [6.07, 6.45) is 1.39. The fraction of sp³-hybridized carbons (Fsp3) is 0.647. The lowest BCUT2D eigenvalue weighted by Crippen LogP contribution is -2.56. The van der Waals surface area contributed by atoms with E-state index in [-0.39, 0.29) is 11.5 Å². The van der Waals surface area contributed by atoms with Gasteiger partial charge in [-0.05, 0) is 28.9 Å². The van der Waals surface area contributed by atoms with Crippen LogP contribution in [0, 0.1) is 5.92 Å². The van der Waals surface area contributed by atoms with Crippen molar-refractivity contribution in [2.24, 2.45) is 5.92 Å². The van der Waals surface area contributed by atoms with Gasteiger partial charge in [-0.3, -0.25) is 0 Å². The van der Waals surface area contributed by atoms with E-state index in [1.807, 2.05) is 0 Å². The van der Waals surface area contributed by atoms with E-state index in [9.17, 15) is 0 Å². The van der Waals surface area contributed by atoms with Gasteiger partial charge in [0.25, 0.3) is 0 Å². The van der Waals surface area contributed by atoms with Crippen molar-refractivity contribution in [2.75, 3.05) is 6.61 Å². The minimum absolute atomic E-state index is 0.229. The minimum atomic E-state index is 0.229. The lowest BCUT2D eigenvalue weighted by molar-refractivity contribution is -0.0522. The van der Waals surface area contributed by atoms with Gasteiger partial charge in [0, 0.05) is 12.1 Å². The van der Waals surface area contributed by atoms with Crippen LogP contribution in [0.3, 0.4) is 0 Å². The summed E-state index contributed by atoms with van der Waals surface area (Å²) in [5, 5.41) is 3.83. The average Bonchev–Trinajstić information content (AvgIpc) is 2.37. The molecule has 0 saturated carbocycles. The second-order valence-electron chi connectivity index (χ2n) is 7.05. The first kappa shape index (κ1) is 13.1. The van der Waals surface area contributed by atoms with E-state index in [0.29, 0.717) is 18.0 Å². The predicted octanol–water partition coefficient (Wildman–Crippen LogP) is 3.42. The summed E-state index contributed by atoms with van der Waals surface area (Å²) in [6, 6.07) is 9.73. The number of hydrogen-bond acceptors (Lipinski definition) is 2. The maximum absolute atomic E-state index is 6.21. The average molecular weight is 259 g/mol. The number of hydrogen-bond donors (Lipinski definition) is 1. The van der Waals surface area contributed by atoms with Gasteiger partial charge in [-0.15, -0.1) is 0 Å². The first-order valence-corrected chi connectivity index (χ1v) is 7.46. The van der Waals surface area contributed by atoms with Crippen molar-refractivity contribution in [2.45, 2.75) is 57.7 Å². The van der Waals surface area contributed by atoms with E-state index in [1.54, 1.807) is 0 Å². The van der Waals surface area contributed by atoms with Gasteiger partial charge in [0.2, 0.25) is 0 Å². The van der Waals surface area contributed by atoms with E-state index >= 15 is 0 Å². The van der Waals surface area contributed by atoms with Crippen LogP contribution in [-0.2, 0) is 10.2 Å². The second kappa shape index (κ2) is 4.60. The molecule has 1 aromatic carbocycles. The van der Waals surface area contributed by atoms with Gasteiger partial charge >= 0.3 is 0 Å². The topological polar surface area (TPSA) is 21.3 Å². The highest BCUT2D eigenvalue weighted by Gasteiger charge is 2.43. The minimum Gasteiger partial charge on any atom is -0.370 e. The molecule has 2 nitrogen and oxygen atoms in total. The molecule has 19 heavy (non-hydrogen) atoms.